The third-order valence-corrected chi connectivity index (χ3v) is 3.83. The normalized spacial score (nSPS) is 21.5. The van der Waals surface area contributed by atoms with Crippen LogP contribution in [0, 0.1) is 0 Å². The first kappa shape index (κ1) is 11.0. The van der Waals surface area contributed by atoms with Crippen LogP contribution >= 0.6 is 11.8 Å². The van der Waals surface area contributed by atoms with E-state index >= 15 is 0 Å². The van der Waals surface area contributed by atoms with Crippen LogP contribution in [-0.2, 0) is 11.3 Å². The first-order chi connectivity index (χ1) is 7.40. The molecule has 0 aromatic heterocycles. The molecule has 1 fully saturated rings. The van der Waals surface area contributed by atoms with E-state index in [0.717, 1.165) is 23.5 Å². The Morgan fingerprint density at radius 3 is 2.93 bits per heavy atom. The molecule has 0 saturated carbocycles. The summed E-state index contributed by atoms with van der Waals surface area (Å²) in [5.74, 6) is 0. The molecule has 1 aliphatic rings. The number of ether oxygens (including phenoxy) is 1. The highest BCUT2D eigenvalue weighted by Crippen LogP contribution is 2.32. The fourth-order valence-electron chi connectivity index (χ4n) is 1.70. The molecule has 1 aliphatic heterocycles. The summed E-state index contributed by atoms with van der Waals surface area (Å²) in [6.07, 6.45) is 3.54. The van der Waals surface area contributed by atoms with Crippen molar-refractivity contribution < 1.29 is 9.84 Å². The van der Waals surface area contributed by atoms with Gasteiger partial charge in [-0.3, -0.25) is 0 Å². The summed E-state index contributed by atoms with van der Waals surface area (Å²) in [6.45, 7) is 0.981. The summed E-state index contributed by atoms with van der Waals surface area (Å²) in [5.41, 5.74) is 1.27. The SMILES string of the molecule is OCc1ccccc1SC1CCCCO1. The fourth-order valence-corrected chi connectivity index (χ4v) is 2.87. The molecule has 1 unspecified atom stereocenters. The molecule has 1 atom stereocenters. The third-order valence-electron chi connectivity index (χ3n) is 2.54. The van der Waals surface area contributed by atoms with Crippen molar-refractivity contribution in [1.82, 2.24) is 0 Å². The Kier molecular flexibility index (Phi) is 4.06. The van der Waals surface area contributed by atoms with Crippen LogP contribution < -0.4 is 0 Å². The van der Waals surface area contributed by atoms with Gasteiger partial charge in [-0.15, -0.1) is 0 Å². The van der Waals surface area contributed by atoms with Crippen LogP contribution in [-0.4, -0.2) is 17.1 Å². The molecule has 1 aromatic rings. The van der Waals surface area contributed by atoms with Gasteiger partial charge in [0.25, 0.3) is 0 Å². The van der Waals surface area contributed by atoms with Crippen molar-refractivity contribution in [2.45, 2.75) is 36.2 Å². The van der Waals surface area contributed by atoms with Gasteiger partial charge in [-0.05, 0) is 30.9 Å². The zero-order valence-electron chi connectivity index (χ0n) is 8.69. The lowest BCUT2D eigenvalue weighted by Crippen LogP contribution is -2.15. The number of aliphatic hydroxyl groups is 1. The van der Waals surface area contributed by atoms with E-state index in [4.69, 9.17) is 4.74 Å². The largest absolute Gasteiger partial charge is 0.392 e. The van der Waals surface area contributed by atoms with Crippen LogP contribution in [0.2, 0.25) is 0 Å². The Bertz CT molecular complexity index is 308. The highest BCUT2D eigenvalue weighted by atomic mass is 32.2. The quantitative estimate of drug-likeness (QED) is 0.856. The molecule has 15 heavy (non-hydrogen) atoms. The van der Waals surface area contributed by atoms with Gasteiger partial charge < -0.3 is 9.84 Å². The summed E-state index contributed by atoms with van der Waals surface area (Å²) in [6, 6.07) is 7.97. The molecular formula is C12H16O2S. The Balaban J connectivity index is 2.02. The van der Waals surface area contributed by atoms with Crippen molar-refractivity contribution in [2.75, 3.05) is 6.61 Å². The number of aliphatic hydroxyl groups excluding tert-OH is 1. The summed E-state index contributed by atoms with van der Waals surface area (Å²) < 4.78 is 5.66. The van der Waals surface area contributed by atoms with Crippen LogP contribution in [0.3, 0.4) is 0 Å². The fraction of sp³-hybridized carbons (Fsp3) is 0.500. The van der Waals surface area contributed by atoms with Crippen LogP contribution in [0.15, 0.2) is 29.2 Å². The zero-order valence-corrected chi connectivity index (χ0v) is 9.50. The van der Waals surface area contributed by atoms with Gasteiger partial charge in [-0.1, -0.05) is 30.0 Å². The third kappa shape index (κ3) is 2.97. The van der Waals surface area contributed by atoms with E-state index in [1.54, 1.807) is 11.8 Å². The van der Waals surface area contributed by atoms with Crippen molar-refractivity contribution in [3.05, 3.63) is 29.8 Å². The predicted molar refractivity (Wildman–Crippen MR) is 61.8 cm³/mol. The van der Waals surface area contributed by atoms with Crippen LogP contribution in [0.25, 0.3) is 0 Å². The lowest BCUT2D eigenvalue weighted by molar-refractivity contribution is 0.0728. The van der Waals surface area contributed by atoms with Gasteiger partial charge in [-0.25, -0.2) is 0 Å². The molecule has 2 rings (SSSR count). The van der Waals surface area contributed by atoms with E-state index in [1.807, 2.05) is 24.3 Å². The Morgan fingerprint density at radius 1 is 1.33 bits per heavy atom. The number of thioether (sulfide) groups is 1. The minimum absolute atomic E-state index is 0.107. The molecule has 0 bridgehead atoms. The van der Waals surface area contributed by atoms with Crippen molar-refractivity contribution in [1.29, 1.82) is 0 Å². The average Bonchev–Trinajstić information content (AvgIpc) is 2.31. The van der Waals surface area contributed by atoms with Gasteiger partial charge in [0.2, 0.25) is 0 Å². The highest BCUT2D eigenvalue weighted by Gasteiger charge is 2.16. The van der Waals surface area contributed by atoms with Gasteiger partial charge in [0.05, 0.1) is 6.61 Å². The van der Waals surface area contributed by atoms with E-state index < -0.39 is 0 Å². The molecule has 2 nitrogen and oxygen atoms in total. The highest BCUT2D eigenvalue weighted by molar-refractivity contribution is 7.99. The molecule has 1 aromatic carbocycles. The summed E-state index contributed by atoms with van der Waals surface area (Å²) in [5, 5.41) is 9.19. The zero-order chi connectivity index (χ0) is 10.5. The van der Waals surface area contributed by atoms with E-state index in [2.05, 4.69) is 0 Å². The van der Waals surface area contributed by atoms with Crippen molar-refractivity contribution in [3.63, 3.8) is 0 Å². The number of hydrogen-bond donors (Lipinski definition) is 1. The maximum absolute atomic E-state index is 9.19. The molecule has 1 N–H and O–H groups in total. The molecule has 0 amide bonds. The molecule has 0 spiro atoms. The lowest BCUT2D eigenvalue weighted by atomic mass is 10.2. The van der Waals surface area contributed by atoms with Gasteiger partial charge >= 0.3 is 0 Å². The topological polar surface area (TPSA) is 29.5 Å². The minimum Gasteiger partial charge on any atom is -0.392 e. The van der Waals surface area contributed by atoms with Crippen LogP contribution in [0.4, 0.5) is 0 Å². The Morgan fingerprint density at radius 2 is 2.20 bits per heavy atom. The predicted octanol–water partition coefficient (Wildman–Crippen LogP) is 2.80. The Hall–Kier alpha value is -0.510. The lowest BCUT2D eigenvalue weighted by Gasteiger charge is -2.22. The molecule has 0 radical (unpaired) electrons. The standard InChI is InChI=1S/C12H16O2S/c13-9-10-5-1-2-6-11(10)15-12-7-3-4-8-14-12/h1-2,5-6,12-13H,3-4,7-9H2. The maximum Gasteiger partial charge on any atom is 0.107 e. The molecule has 3 heteroatoms. The number of benzene rings is 1. The smallest absolute Gasteiger partial charge is 0.107 e. The molecule has 1 saturated heterocycles. The Labute approximate surface area is 94.6 Å². The number of rotatable bonds is 3. The van der Waals surface area contributed by atoms with E-state index in [-0.39, 0.29) is 12.0 Å². The summed E-state index contributed by atoms with van der Waals surface area (Å²) >= 11 is 1.73. The first-order valence-electron chi connectivity index (χ1n) is 5.37. The molecule has 0 aliphatic carbocycles. The van der Waals surface area contributed by atoms with Crippen molar-refractivity contribution >= 4 is 11.8 Å². The van der Waals surface area contributed by atoms with Gasteiger partial charge in [0, 0.05) is 11.5 Å². The minimum atomic E-state index is 0.107. The molecule has 82 valence electrons. The summed E-state index contributed by atoms with van der Waals surface area (Å²) in [4.78, 5) is 1.15. The second kappa shape index (κ2) is 5.54. The van der Waals surface area contributed by atoms with Crippen molar-refractivity contribution in [2.24, 2.45) is 0 Å². The van der Waals surface area contributed by atoms with E-state index in [9.17, 15) is 5.11 Å². The van der Waals surface area contributed by atoms with Crippen molar-refractivity contribution in [3.8, 4) is 0 Å². The monoisotopic (exact) mass is 224 g/mol. The second-order valence-corrected chi connectivity index (χ2v) is 4.88. The molecular weight excluding hydrogens is 208 g/mol. The van der Waals surface area contributed by atoms with Crippen LogP contribution in [0.1, 0.15) is 24.8 Å². The van der Waals surface area contributed by atoms with Gasteiger partial charge in [0.1, 0.15) is 5.44 Å². The van der Waals surface area contributed by atoms with Gasteiger partial charge in [-0.2, -0.15) is 0 Å². The molecule has 1 heterocycles. The first-order valence-corrected chi connectivity index (χ1v) is 6.25. The van der Waals surface area contributed by atoms with E-state index in [0.29, 0.717) is 0 Å². The average molecular weight is 224 g/mol. The van der Waals surface area contributed by atoms with E-state index in [1.165, 1.54) is 12.8 Å². The summed E-state index contributed by atoms with van der Waals surface area (Å²) in [7, 11) is 0. The second-order valence-electron chi connectivity index (χ2n) is 3.68. The number of hydrogen-bond acceptors (Lipinski definition) is 3. The van der Waals surface area contributed by atoms with Gasteiger partial charge in [0.15, 0.2) is 0 Å². The maximum atomic E-state index is 9.19. The van der Waals surface area contributed by atoms with Crippen LogP contribution in [0.5, 0.6) is 0 Å².